The highest BCUT2D eigenvalue weighted by molar-refractivity contribution is 5.75. The number of nitrogens with one attached hydrogen (secondary N) is 2. The molecule has 3 atom stereocenters. The van der Waals surface area contributed by atoms with Crippen LogP contribution in [-0.2, 0) is 9.47 Å². The molecule has 0 amide bonds. The Morgan fingerprint density at radius 2 is 1.79 bits per heavy atom. The fraction of sp³-hybridized carbons (Fsp3) is 0.677. The maximum absolute atomic E-state index is 12.9. The lowest BCUT2D eigenvalue weighted by molar-refractivity contribution is -0.00235. The summed E-state index contributed by atoms with van der Waals surface area (Å²) in [6, 6.07) is 10.5. The van der Waals surface area contributed by atoms with Crippen molar-refractivity contribution in [2.45, 2.75) is 76.9 Å². The van der Waals surface area contributed by atoms with Gasteiger partial charge in [-0.2, -0.15) is 0 Å². The lowest BCUT2D eigenvalue weighted by Crippen LogP contribution is -2.49. The number of methoxy groups -OCH3 is 1. The van der Waals surface area contributed by atoms with E-state index >= 15 is 0 Å². The fourth-order valence-corrected chi connectivity index (χ4v) is 6.38. The van der Waals surface area contributed by atoms with Crippen LogP contribution in [0.4, 0.5) is 11.4 Å². The largest absolute Gasteiger partial charge is 0.385 e. The zero-order valence-electron chi connectivity index (χ0n) is 23.4. The van der Waals surface area contributed by atoms with Crippen LogP contribution >= 0.6 is 0 Å². The van der Waals surface area contributed by atoms with Crippen molar-refractivity contribution in [1.29, 1.82) is 0 Å². The SMILES string of the molecule is CCNC[C@H](CC1CCCCC1)Nc1c(N2CCC[C@@H]([C@@H](OCCCOC)c3ccccc3)C2)c(=O)c1=O. The lowest BCUT2D eigenvalue weighted by Gasteiger charge is -2.39. The van der Waals surface area contributed by atoms with E-state index in [1.54, 1.807) is 7.11 Å². The van der Waals surface area contributed by atoms with E-state index in [2.05, 4.69) is 46.7 Å². The van der Waals surface area contributed by atoms with E-state index in [1.165, 1.54) is 37.7 Å². The first-order valence-corrected chi connectivity index (χ1v) is 14.8. The average molecular weight is 526 g/mol. The van der Waals surface area contributed by atoms with Crippen LogP contribution in [0.15, 0.2) is 39.9 Å². The molecule has 2 fully saturated rings. The molecule has 210 valence electrons. The van der Waals surface area contributed by atoms with E-state index in [9.17, 15) is 9.59 Å². The summed E-state index contributed by atoms with van der Waals surface area (Å²) in [5.74, 6) is 0.932. The predicted molar refractivity (Wildman–Crippen MR) is 155 cm³/mol. The third kappa shape index (κ3) is 7.45. The van der Waals surface area contributed by atoms with Gasteiger partial charge < -0.3 is 25.0 Å². The Hall–Kier alpha value is -2.22. The van der Waals surface area contributed by atoms with Crippen LogP contribution in [0, 0.1) is 11.8 Å². The number of piperidine rings is 1. The third-order valence-corrected chi connectivity index (χ3v) is 8.34. The van der Waals surface area contributed by atoms with Gasteiger partial charge in [-0.3, -0.25) is 9.59 Å². The van der Waals surface area contributed by atoms with Crippen molar-refractivity contribution >= 4 is 11.4 Å². The molecule has 7 heteroatoms. The maximum atomic E-state index is 12.9. The molecule has 1 aliphatic heterocycles. The molecule has 7 nitrogen and oxygen atoms in total. The predicted octanol–water partition coefficient (Wildman–Crippen LogP) is 4.65. The van der Waals surface area contributed by atoms with E-state index in [4.69, 9.17) is 9.47 Å². The van der Waals surface area contributed by atoms with E-state index < -0.39 is 0 Å². The van der Waals surface area contributed by atoms with E-state index in [1.807, 2.05) is 6.07 Å². The number of benzene rings is 1. The topological polar surface area (TPSA) is 79.9 Å². The molecular weight excluding hydrogens is 478 g/mol. The fourth-order valence-electron chi connectivity index (χ4n) is 6.38. The van der Waals surface area contributed by atoms with Gasteiger partial charge in [-0.25, -0.2) is 0 Å². The number of hydrogen-bond donors (Lipinski definition) is 2. The number of likely N-dealkylation sites (N-methyl/N-ethyl adjacent to an activating group) is 1. The molecule has 1 saturated heterocycles. The highest BCUT2D eigenvalue weighted by Gasteiger charge is 2.34. The molecule has 38 heavy (non-hydrogen) atoms. The molecule has 4 rings (SSSR count). The molecule has 2 aliphatic rings. The van der Waals surface area contributed by atoms with Crippen molar-refractivity contribution in [3.8, 4) is 0 Å². The van der Waals surface area contributed by atoms with Crippen LogP contribution in [0.5, 0.6) is 0 Å². The number of ether oxygens (including phenoxy) is 2. The summed E-state index contributed by atoms with van der Waals surface area (Å²) in [4.78, 5) is 27.9. The van der Waals surface area contributed by atoms with Crippen LogP contribution in [-0.4, -0.2) is 52.5 Å². The second kappa shape index (κ2) is 14.8. The second-order valence-electron chi connectivity index (χ2n) is 11.2. The minimum Gasteiger partial charge on any atom is -0.385 e. The van der Waals surface area contributed by atoms with Gasteiger partial charge in [0.15, 0.2) is 0 Å². The monoisotopic (exact) mass is 525 g/mol. The molecule has 0 unspecified atom stereocenters. The summed E-state index contributed by atoms with van der Waals surface area (Å²) in [6.07, 6.45) is 10.3. The van der Waals surface area contributed by atoms with Gasteiger partial charge in [0.2, 0.25) is 0 Å². The summed E-state index contributed by atoms with van der Waals surface area (Å²) in [5.41, 5.74) is 1.59. The summed E-state index contributed by atoms with van der Waals surface area (Å²) in [7, 11) is 1.71. The molecule has 1 aliphatic carbocycles. The number of hydrogen-bond acceptors (Lipinski definition) is 7. The minimum atomic E-state index is -0.359. The van der Waals surface area contributed by atoms with Crippen LogP contribution in [0.3, 0.4) is 0 Å². The Morgan fingerprint density at radius 1 is 1.00 bits per heavy atom. The Labute approximate surface area is 228 Å². The van der Waals surface area contributed by atoms with Crippen molar-refractivity contribution in [2.75, 3.05) is 56.7 Å². The zero-order valence-corrected chi connectivity index (χ0v) is 23.4. The van der Waals surface area contributed by atoms with Crippen molar-refractivity contribution in [2.24, 2.45) is 11.8 Å². The van der Waals surface area contributed by atoms with Gasteiger partial charge in [0, 0.05) is 51.9 Å². The van der Waals surface area contributed by atoms with E-state index in [-0.39, 0.29) is 28.9 Å². The first-order valence-electron chi connectivity index (χ1n) is 14.8. The highest BCUT2D eigenvalue weighted by atomic mass is 16.5. The van der Waals surface area contributed by atoms with Gasteiger partial charge >= 0.3 is 0 Å². The van der Waals surface area contributed by atoms with Crippen LogP contribution in [0.25, 0.3) is 0 Å². The van der Waals surface area contributed by atoms with Crippen LogP contribution < -0.4 is 26.4 Å². The number of anilines is 2. The second-order valence-corrected chi connectivity index (χ2v) is 11.2. The van der Waals surface area contributed by atoms with Gasteiger partial charge in [-0.05, 0) is 43.7 Å². The summed E-state index contributed by atoms with van der Waals surface area (Å²) < 4.78 is 11.6. The molecule has 0 spiro atoms. The number of rotatable bonds is 15. The average Bonchev–Trinajstić information content (AvgIpc) is 2.96. The quantitative estimate of drug-likeness (QED) is 0.259. The summed E-state index contributed by atoms with van der Waals surface area (Å²) >= 11 is 0. The molecule has 2 aromatic rings. The molecule has 1 saturated carbocycles. The summed E-state index contributed by atoms with van der Waals surface area (Å²) in [5, 5.41) is 7.01. The van der Waals surface area contributed by atoms with Gasteiger partial charge in [0.05, 0.1) is 6.10 Å². The Bertz CT molecular complexity index is 1030. The standard InChI is InChI=1S/C31H47N3O4/c1-3-32-21-26(20-23-12-6-4-7-13-23)33-27-28(30(36)29(27)35)34-17-10-16-25(22-34)31(38-19-11-18-37-2)24-14-8-5-9-15-24/h5,8-9,14-15,23,25-26,31-33H,3-4,6-7,10-13,16-22H2,1-2H3/t25-,26+,31+/m1/s1. The molecule has 0 radical (unpaired) electrons. The van der Waals surface area contributed by atoms with Gasteiger partial charge in [0.25, 0.3) is 10.9 Å². The van der Waals surface area contributed by atoms with Crippen molar-refractivity contribution in [1.82, 2.24) is 5.32 Å². The van der Waals surface area contributed by atoms with Crippen LogP contribution in [0.2, 0.25) is 0 Å². The normalized spacial score (nSPS) is 20.5. The smallest absolute Gasteiger partial charge is 0.253 e. The van der Waals surface area contributed by atoms with Crippen molar-refractivity contribution < 1.29 is 9.47 Å². The molecule has 0 aromatic heterocycles. The Morgan fingerprint density at radius 3 is 2.53 bits per heavy atom. The van der Waals surface area contributed by atoms with Crippen LogP contribution in [0.1, 0.15) is 76.4 Å². The summed E-state index contributed by atoms with van der Waals surface area (Å²) in [6.45, 7) is 6.61. The van der Waals surface area contributed by atoms with E-state index in [0.717, 1.165) is 45.3 Å². The van der Waals surface area contributed by atoms with Crippen molar-refractivity contribution in [3.05, 3.63) is 56.3 Å². The zero-order chi connectivity index (χ0) is 26.7. The molecular formula is C31H47N3O4. The van der Waals surface area contributed by atoms with Gasteiger partial charge in [-0.15, -0.1) is 0 Å². The molecule has 2 aromatic carbocycles. The first-order chi connectivity index (χ1) is 18.6. The minimum absolute atomic E-state index is 0.0495. The number of nitrogens with zero attached hydrogens (tertiary/aromatic N) is 1. The van der Waals surface area contributed by atoms with E-state index in [0.29, 0.717) is 37.1 Å². The first kappa shape index (κ1) is 28.8. The molecule has 1 heterocycles. The lowest BCUT2D eigenvalue weighted by atomic mass is 9.84. The Kier molecular flexibility index (Phi) is 11.2. The Balaban J connectivity index is 1.48. The van der Waals surface area contributed by atoms with Gasteiger partial charge in [-0.1, -0.05) is 69.4 Å². The highest BCUT2D eigenvalue weighted by Crippen LogP contribution is 2.36. The maximum Gasteiger partial charge on any atom is 0.253 e. The molecule has 2 N–H and O–H groups in total. The third-order valence-electron chi connectivity index (χ3n) is 8.34. The molecule has 0 bridgehead atoms. The van der Waals surface area contributed by atoms with Gasteiger partial charge in [0.1, 0.15) is 11.4 Å². The van der Waals surface area contributed by atoms with Crippen molar-refractivity contribution in [3.63, 3.8) is 0 Å².